The Hall–Kier alpha value is -0.740. The number of ether oxygens (including phenoxy) is 1. The molecule has 2 nitrogen and oxygen atoms in total. The molecule has 0 amide bonds. The van der Waals surface area contributed by atoms with Gasteiger partial charge in [0.1, 0.15) is 11.5 Å². The normalized spacial score (nSPS) is 10.6. The Balaban J connectivity index is 2.87. The van der Waals surface area contributed by atoms with E-state index in [4.69, 9.17) is 4.74 Å². The molecule has 0 aliphatic heterocycles. The summed E-state index contributed by atoms with van der Waals surface area (Å²) in [6.45, 7) is 0. The molecule has 0 fully saturated rings. The maximum atomic E-state index is 9.67. The molecule has 2 rings (SSSR count). The number of rotatable bonds is 1. The lowest BCUT2D eigenvalue weighted by molar-refractivity contribution is 0.418. The van der Waals surface area contributed by atoms with E-state index in [0.717, 1.165) is 15.8 Å². The van der Waals surface area contributed by atoms with Gasteiger partial charge in [0.15, 0.2) is 0 Å². The molecule has 0 bridgehead atoms. The number of hydrogen-bond donors (Lipinski definition) is 1. The van der Waals surface area contributed by atoms with E-state index in [1.165, 1.54) is 0 Å². The third-order valence-electron chi connectivity index (χ3n) is 1.85. The average Bonchev–Trinajstić information content (AvgIpc) is 2.60. The van der Waals surface area contributed by atoms with Crippen molar-refractivity contribution in [2.24, 2.45) is 0 Å². The van der Waals surface area contributed by atoms with Crippen LogP contribution in [0.2, 0.25) is 0 Å². The highest BCUT2D eigenvalue weighted by molar-refractivity contribution is 9.10. The van der Waals surface area contributed by atoms with E-state index >= 15 is 0 Å². The standard InChI is InChI=1S/C9H7BrO2S/c1-12-7-4-6(10)8(11)5-2-3-13-9(5)7/h2-4,11H,1H3. The lowest BCUT2D eigenvalue weighted by atomic mass is 10.2. The lowest BCUT2D eigenvalue weighted by Crippen LogP contribution is -1.83. The van der Waals surface area contributed by atoms with Crippen LogP contribution in [-0.2, 0) is 0 Å². The van der Waals surface area contributed by atoms with Gasteiger partial charge in [-0.2, -0.15) is 0 Å². The van der Waals surface area contributed by atoms with Crippen molar-refractivity contribution in [1.82, 2.24) is 0 Å². The van der Waals surface area contributed by atoms with Gasteiger partial charge < -0.3 is 9.84 Å². The van der Waals surface area contributed by atoms with Gasteiger partial charge in [-0.25, -0.2) is 0 Å². The van der Waals surface area contributed by atoms with Crippen molar-refractivity contribution < 1.29 is 9.84 Å². The van der Waals surface area contributed by atoms with Gasteiger partial charge in [0.25, 0.3) is 0 Å². The molecule has 0 unspecified atom stereocenters. The van der Waals surface area contributed by atoms with E-state index in [0.29, 0.717) is 4.47 Å². The molecule has 4 heteroatoms. The van der Waals surface area contributed by atoms with Crippen LogP contribution in [0.3, 0.4) is 0 Å². The molecule has 0 saturated heterocycles. The van der Waals surface area contributed by atoms with Crippen molar-refractivity contribution in [2.45, 2.75) is 0 Å². The molecule has 13 heavy (non-hydrogen) atoms. The van der Waals surface area contributed by atoms with E-state index in [9.17, 15) is 5.11 Å². The first-order valence-electron chi connectivity index (χ1n) is 3.66. The third kappa shape index (κ3) is 1.30. The topological polar surface area (TPSA) is 29.5 Å². The van der Waals surface area contributed by atoms with Crippen molar-refractivity contribution in [3.63, 3.8) is 0 Å². The molecule has 0 radical (unpaired) electrons. The SMILES string of the molecule is COc1cc(Br)c(O)c2ccsc12. The molecule has 1 aromatic carbocycles. The van der Waals surface area contributed by atoms with Crippen molar-refractivity contribution in [3.8, 4) is 11.5 Å². The first-order chi connectivity index (χ1) is 6.24. The summed E-state index contributed by atoms with van der Waals surface area (Å²) < 4.78 is 6.83. The third-order valence-corrected chi connectivity index (χ3v) is 3.38. The molecule has 0 atom stereocenters. The fourth-order valence-corrected chi connectivity index (χ4v) is 2.53. The lowest BCUT2D eigenvalue weighted by Gasteiger charge is -2.04. The molecule has 0 aliphatic rings. The summed E-state index contributed by atoms with van der Waals surface area (Å²) in [5, 5.41) is 12.4. The second-order valence-electron chi connectivity index (χ2n) is 2.57. The van der Waals surface area contributed by atoms with Crippen LogP contribution in [0.4, 0.5) is 0 Å². The van der Waals surface area contributed by atoms with Crippen LogP contribution in [0.15, 0.2) is 22.0 Å². The van der Waals surface area contributed by atoms with Crippen LogP contribution in [0, 0.1) is 0 Å². The maximum Gasteiger partial charge on any atom is 0.138 e. The number of thiophene rings is 1. The Morgan fingerprint density at radius 2 is 2.31 bits per heavy atom. The Labute approximate surface area is 87.9 Å². The molecule has 0 saturated carbocycles. The van der Waals surface area contributed by atoms with Gasteiger partial charge in [-0.05, 0) is 33.4 Å². The second kappa shape index (κ2) is 3.20. The molecule has 1 aromatic heterocycles. The predicted octanol–water partition coefficient (Wildman–Crippen LogP) is 3.38. The van der Waals surface area contributed by atoms with Gasteiger partial charge in [-0.1, -0.05) is 0 Å². The van der Waals surface area contributed by atoms with Crippen molar-refractivity contribution >= 4 is 37.4 Å². The maximum absolute atomic E-state index is 9.67. The zero-order valence-electron chi connectivity index (χ0n) is 6.87. The van der Waals surface area contributed by atoms with Gasteiger partial charge in [-0.3, -0.25) is 0 Å². The number of phenolic OH excluding ortho intramolecular Hbond substituents is 1. The number of benzene rings is 1. The van der Waals surface area contributed by atoms with Gasteiger partial charge in [0.05, 0.1) is 16.3 Å². The van der Waals surface area contributed by atoms with Gasteiger partial charge >= 0.3 is 0 Å². The Morgan fingerprint density at radius 1 is 1.54 bits per heavy atom. The summed E-state index contributed by atoms with van der Waals surface area (Å²) in [7, 11) is 1.62. The van der Waals surface area contributed by atoms with Crippen LogP contribution in [0.1, 0.15) is 0 Å². The number of halogens is 1. The smallest absolute Gasteiger partial charge is 0.138 e. The summed E-state index contributed by atoms with van der Waals surface area (Å²) in [6.07, 6.45) is 0. The molecule has 0 aliphatic carbocycles. The van der Waals surface area contributed by atoms with E-state index in [1.54, 1.807) is 24.5 Å². The highest BCUT2D eigenvalue weighted by Gasteiger charge is 2.10. The van der Waals surface area contributed by atoms with Crippen LogP contribution >= 0.6 is 27.3 Å². The molecular weight excluding hydrogens is 252 g/mol. The fraction of sp³-hybridized carbons (Fsp3) is 0.111. The predicted molar refractivity (Wildman–Crippen MR) is 57.7 cm³/mol. The minimum Gasteiger partial charge on any atom is -0.506 e. The average molecular weight is 259 g/mol. The molecule has 2 aromatic rings. The number of aromatic hydroxyl groups is 1. The highest BCUT2D eigenvalue weighted by atomic mass is 79.9. The summed E-state index contributed by atoms with van der Waals surface area (Å²) >= 11 is 4.82. The van der Waals surface area contributed by atoms with E-state index in [1.807, 2.05) is 11.4 Å². The zero-order valence-corrected chi connectivity index (χ0v) is 9.28. The number of hydrogen-bond acceptors (Lipinski definition) is 3. The van der Waals surface area contributed by atoms with Gasteiger partial charge in [0.2, 0.25) is 0 Å². The molecule has 0 spiro atoms. The molecule has 1 N–H and O–H groups in total. The van der Waals surface area contributed by atoms with E-state index in [-0.39, 0.29) is 5.75 Å². The molecular formula is C9H7BrO2S. The van der Waals surface area contributed by atoms with Crippen molar-refractivity contribution in [3.05, 3.63) is 22.0 Å². The first-order valence-corrected chi connectivity index (χ1v) is 5.34. The largest absolute Gasteiger partial charge is 0.506 e. The Morgan fingerprint density at radius 3 is 3.00 bits per heavy atom. The van der Waals surface area contributed by atoms with Crippen LogP contribution < -0.4 is 4.74 Å². The van der Waals surface area contributed by atoms with Crippen LogP contribution in [0.25, 0.3) is 10.1 Å². The number of phenols is 1. The fourth-order valence-electron chi connectivity index (χ4n) is 1.22. The molecule has 68 valence electrons. The zero-order chi connectivity index (χ0) is 9.42. The first kappa shape index (κ1) is 8.84. The minimum absolute atomic E-state index is 0.275. The van der Waals surface area contributed by atoms with Gasteiger partial charge in [-0.15, -0.1) is 11.3 Å². The van der Waals surface area contributed by atoms with Crippen LogP contribution in [-0.4, -0.2) is 12.2 Å². The quantitative estimate of drug-likeness (QED) is 0.850. The van der Waals surface area contributed by atoms with Crippen molar-refractivity contribution in [1.29, 1.82) is 0 Å². The van der Waals surface area contributed by atoms with Crippen molar-refractivity contribution in [2.75, 3.05) is 7.11 Å². The van der Waals surface area contributed by atoms with E-state index < -0.39 is 0 Å². The summed E-state index contributed by atoms with van der Waals surface area (Å²) in [6, 6.07) is 3.65. The highest BCUT2D eigenvalue weighted by Crippen LogP contribution is 2.41. The number of fused-ring (bicyclic) bond motifs is 1. The van der Waals surface area contributed by atoms with Gasteiger partial charge in [0, 0.05) is 5.39 Å². The number of methoxy groups -OCH3 is 1. The minimum atomic E-state index is 0.275. The van der Waals surface area contributed by atoms with Crippen LogP contribution in [0.5, 0.6) is 11.5 Å². The molecule has 1 heterocycles. The summed E-state index contributed by atoms with van der Waals surface area (Å²) in [5.74, 6) is 1.06. The van der Waals surface area contributed by atoms with E-state index in [2.05, 4.69) is 15.9 Å². The summed E-state index contributed by atoms with van der Waals surface area (Å²) in [5.41, 5.74) is 0. The Bertz CT molecular complexity index is 450. The second-order valence-corrected chi connectivity index (χ2v) is 4.34. The monoisotopic (exact) mass is 258 g/mol. The summed E-state index contributed by atoms with van der Waals surface area (Å²) in [4.78, 5) is 0. The Kier molecular flexibility index (Phi) is 2.17.